The maximum absolute atomic E-state index is 6.72. The maximum Gasteiger partial charge on any atom is 0.0431 e. The fraction of sp³-hybridized carbons (Fsp3) is 0.0732. The van der Waals surface area contributed by atoms with Crippen molar-refractivity contribution in [3.8, 4) is 0 Å². The molecule has 0 saturated heterocycles. The number of allylic oxidation sites excluding steroid dienone is 14. The summed E-state index contributed by atoms with van der Waals surface area (Å²) in [6.45, 7) is 6.79. The van der Waals surface area contributed by atoms with Crippen molar-refractivity contribution in [3.63, 3.8) is 0 Å². The highest BCUT2D eigenvalue weighted by Crippen LogP contribution is 2.43. The first kappa shape index (κ1) is 30.6. The van der Waals surface area contributed by atoms with Gasteiger partial charge in [0.1, 0.15) is 0 Å². The Bertz CT molecular complexity index is 1840. The van der Waals surface area contributed by atoms with E-state index in [0.717, 1.165) is 27.3 Å². The Morgan fingerprint density at radius 2 is 1.69 bits per heavy atom. The molecule has 1 atom stereocenters. The summed E-state index contributed by atoms with van der Waals surface area (Å²) in [5, 5.41) is 3.97. The standard InChI is InChI=1S/C41H37N2PS/c1-3-4-16-36-37-17-11-18-38(37)41(43)39(36)23-21-30(25-26-42)31-20-19-29(2)45-40-24-22-35(28-32(40)27-31)44(33-12-7-5-8-13-33)34-14-9-6-10-15-34/h3-25,27-28,38H,2,26,42-43H2,1H3/b4-3-,20-19-,23-21-,30-25+,31-27+,36-16+. The first-order valence-electron chi connectivity index (χ1n) is 15.2. The average Bonchev–Trinajstić information content (AvgIpc) is 3.63. The Labute approximate surface area is 272 Å². The summed E-state index contributed by atoms with van der Waals surface area (Å²) in [7, 11) is -0.727. The fourth-order valence-electron chi connectivity index (χ4n) is 5.87. The van der Waals surface area contributed by atoms with Crippen molar-refractivity contribution >= 4 is 41.7 Å². The van der Waals surface area contributed by atoms with E-state index in [1.807, 2.05) is 13.0 Å². The van der Waals surface area contributed by atoms with Gasteiger partial charge >= 0.3 is 0 Å². The number of hydrogen-bond acceptors (Lipinski definition) is 3. The van der Waals surface area contributed by atoms with Crippen LogP contribution in [0.3, 0.4) is 0 Å². The molecular formula is C41H37N2PS. The largest absolute Gasteiger partial charge is 0.401 e. The average molecular weight is 621 g/mol. The first-order chi connectivity index (χ1) is 22.1. The van der Waals surface area contributed by atoms with E-state index >= 15 is 0 Å². The van der Waals surface area contributed by atoms with Gasteiger partial charge in [0, 0.05) is 33.5 Å². The van der Waals surface area contributed by atoms with Crippen LogP contribution < -0.4 is 27.4 Å². The molecule has 4 heteroatoms. The van der Waals surface area contributed by atoms with E-state index in [-0.39, 0.29) is 5.92 Å². The van der Waals surface area contributed by atoms with Gasteiger partial charge in [-0.05, 0) is 82.9 Å². The van der Waals surface area contributed by atoms with Gasteiger partial charge in [-0.3, -0.25) is 0 Å². The number of thioether (sulfide) groups is 1. The van der Waals surface area contributed by atoms with Gasteiger partial charge in [0.2, 0.25) is 0 Å². The predicted molar refractivity (Wildman–Crippen MR) is 198 cm³/mol. The second kappa shape index (κ2) is 14.1. The summed E-state index contributed by atoms with van der Waals surface area (Å²) in [4.78, 5) is 2.17. The highest BCUT2D eigenvalue weighted by Gasteiger charge is 2.31. The van der Waals surface area contributed by atoms with Crippen molar-refractivity contribution in [2.24, 2.45) is 17.4 Å². The minimum absolute atomic E-state index is 0.137. The lowest BCUT2D eigenvalue weighted by molar-refractivity contribution is 0.946. The van der Waals surface area contributed by atoms with Crippen LogP contribution in [0.5, 0.6) is 0 Å². The lowest BCUT2D eigenvalue weighted by Crippen LogP contribution is -2.20. The minimum Gasteiger partial charge on any atom is -0.401 e. The third kappa shape index (κ3) is 6.67. The molecule has 0 bridgehead atoms. The van der Waals surface area contributed by atoms with Crippen molar-refractivity contribution in [3.05, 3.63) is 196 Å². The number of nitrogens with two attached hydrogens (primary N) is 2. The van der Waals surface area contributed by atoms with Gasteiger partial charge in [-0.15, -0.1) is 0 Å². The molecule has 2 aliphatic carbocycles. The summed E-state index contributed by atoms with van der Waals surface area (Å²) in [5.74, 6) is 0.137. The van der Waals surface area contributed by atoms with E-state index < -0.39 is 7.92 Å². The highest BCUT2D eigenvalue weighted by atomic mass is 32.2. The summed E-state index contributed by atoms with van der Waals surface area (Å²) in [6, 6.07) is 28.6. The Balaban J connectivity index is 1.43. The van der Waals surface area contributed by atoms with Crippen molar-refractivity contribution in [1.82, 2.24) is 0 Å². The van der Waals surface area contributed by atoms with Crippen LogP contribution in [0.25, 0.3) is 6.08 Å². The lowest BCUT2D eigenvalue weighted by atomic mass is 9.98. The van der Waals surface area contributed by atoms with Crippen LogP contribution in [-0.4, -0.2) is 6.54 Å². The zero-order chi connectivity index (χ0) is 31.2. The third-order valence-electron chi connectivity index (χ3n) is 8.00. The highest BCUT2D eigenvalue weighted by molar-refractivity contribution is 8.03. The normalized spacial score (nSPS) is 20.9. The van der Waals surface area contributed by atoms with Crippen LogP contribution in [0.15, 0.2) is 196 Å². The van der Waals surface area contributed by atoms with Crippen molar-refractivity contribution < 1.29 is 0 Å². The van der Waals surface area contributed by atoms with Crippen LogP contribution in [0.1, 0.15) is 12.5 Å². The first-order valence-corrected chi connectivity index (χ1v) is 17.3. The fourth-order valence-corrected chi connectivity index (χ4v) is 8.98. The Hall–Kier alpha value is -4.40. The molecule has 1 unspecified atom stereocenters. The Kier molecular flexibility index (Phi) is 9.62. The van der Waals surface area contributed by atoms with E-state index in [1.54, 1.807) is 11.8 Å². The van der Waals surface area contributed by atoms with Crippen molar-refractivity contribution in [2.45, 2.75) is 11.8 Å². The molecule has 0 fully saturated rings. The molecule has 45 heavy (non-hydrogen) atoms. The second-order valence-electron chi connectivity index (χ2n) is 10.9. The zero-order valence-electron chi connectivity index (χ0n) is 25.4. The summed E-state index contributed by atoms with van der Waals surface area (Å²) in [5.41, 5.74) is 20.5. The molecule has 6 rings (SSSR count). The van der Waals surface area contributed by atoms with Crippen LogP contribution in [0.2, 0.25) is 0 Å². The molecule has 0 spiro atoms. The molecular weight excluding hydrogens is 584 g/mol. The Morgan fingerprint density at radius 3 is 2.38 bits per heavy atom. The van der Waals surface area contributed by atoms with E-state index in [2.05, 4.69) is 152 Å². The molecule has 0 radical (unpaired) electrons. The van der Waals surface area contributed by atoms with Crippen LogP contribution in [0.4, 0.5) is 0 Å². The van der Waals surface area contributed by atoms with Crippen LogP contribution >= 0.6 is 19.7 Å². The Morgan fingerprint density at radius 1 is 0.956 bits per heavy atom. The van der Waals surface area contributed by atoms with Gasteiger partial charge in [0.15, 0.2) is 0 Å². The lowest BCUT2D eigenvalue weighted by Gasteiger charge is -2.21. The summed E-state index contributed by atoms with van der Waals surface area (Å²) < 4.78 is 0. The van der Waals surface area contributed by atoms with Crippen molar-refractivity contribution in [1.29, 1.82) is 0 Å². The number of hydrogen-bond donors (Lipinski definition) is 2. The number of benzene rings is 3. The van der Waals surface area contributed by atoms with Gasteiger partial charge in [-0.2, -0.15) is 0 Å². The topological polar surface area (TPSA) is 52.0 Å². The van der Waals surface area contributed by atoms with Gasteiger partial charge in [0.05, 0.1) is 0 Å². The molecule has 2 nitrogen and oxygen atoms in total. The van der Waals surface area contributed by atoms with Crippen LogP contribution in [0, 0.1) is 5.92 Å². The minimum atomic E-state index is -0.727. The molecule has 3 aromatic rings. The SMILES string of the molecule is C=C1\C=C/C(C(/C=C\C2=C(N)C3C=CC=C3/C2=C\C=C/C)=C/CN)=C\c2cc(P(c3ccccc3)c3ccccc3)ccc2S1. The monoisotopic (exact) mass is 620 g/mol. The molecule has 0 saturated carbocycles. The quantitative estimate of drug-likeness (QED) is 0.197. The molecule has 3 aromatic carbocycles. The summed E-state index contributed by atoms with van der Waals surface area (Å²) in [6.07, 6.45) is 25.6. The maximum atomic E-state index is 6.72. The van der Waals surface area contributed by atoms with E-state index in [0.29, 0.717) is 6.54 Å². The van der Waals surface area contributed by atoms with Crippen LogP contribution in [-0.2, 0) is 0 Å². The van der Waals surface area contributed by atoms with Gasteiger partial charge in [-0.25, -0.2) is 0 Å². The van der Waals surface area contributed by atoms with Gasteiger partial charge in [0.25, 0.3) is 0 Å². The molecule has 0 amide bonds. The van der Waals surface area contributed by atoms with E-state index in [4.69, 9.17) is 11.5 Å². The van der Waals surface area contributed by atoms with E-state index in [1.165, 1.54) is 37.5 Å². The molecule has 0 aromatic heterocycles. The van der Waals surface area contributed by atoms with Gasteiger partial charge < -0.3 is 11.5 Å². The molecule has 4 N–H and O–H groups in total. The smallest absolute Gasteiger partial charge is 0.0431 e. The second-order valence-corrected chi connectivity index (χ2v) is 14.3. The molecule has 1 heterocycles. The van der Waals surface area contributed by atoms with Gasteiger partial charge in [-0.1, -0.05) is 146 Å². The third-order valence-corrected chi connectivity index (χ3v) is 11.4. The summed E-state index contributed by atoms with van der Waals surface area (Å²) >= 11 is 1.71. The zero-order valence-corrected chi connectivity index (χ0v) is 27.1. The van der Waals surface area contributed by atoms with E-state index in [9.17, 15) is 0 Å². The molecule has 222 valence electrons. The molecule has 3 aliphatic rings. The number of rotatable bonds is 8. The predicted octanol–water partition coefficient (Wildman–Crippen LogP) is 8.29. The number of fused-ring (bicyclic) bond motifs is 2. The molecule has 1 aliphatic heterocycles. The van der Waals surface area contributed by atoms with Crippen molar-refractivity contribution in [2.75, 3.05) is 6.54 Å².